The lowest BCUT2D eigenvalue weighted by atomic mass is 10.1. The van der Waals surface area contributed by atoms with Gasteiger partial charge in [0.2, 0.25) is 5.91 Å². The fourth-order valence-corrected chi connectivity index (χ4v) is 2.69. The van der Waals surface area contributed by atoms with E-state index in [0.717, 1.165) is 16.5 Å². The van der Waals surface area contributed by atoms with E-state index < -0.39 is 15.9 Å². The molecule has 0 saturated heterocycles. The van der Waals surface area contributed by atoms with E-state index in [1.54, 1.807) is 24.3 Å². The zero-order chi connectivity index (χ0) is 16.0. The Hall–Kier alpha value is -2.60. The minimum atomic E-state index is -3.59. The monoisotopic (exact) mass is 316 g/mol. The standard InChI is InChI=1S/C16H16N2O3S/c17-16(19)12-14-6-8-15(9-7-14)18-22(20,21)11-10-13-4-2-1-3-5-13/h1-11,18H,12H2,(H2,17,19). The van der Waals surface area contributed by atoms with Gasteiger partial charge < -0.3 is 5.73 Å². The molecule has 5 nitrogen and oxygen atoms in total. The zero-order valence-electron chi connectivity index (χ0n) is 11.8. The highest BCUT2D eigenvalue weighted by molar-refractivity contribution is 7.95. The molecule has 2 aromatic rings. The lowest BCUT2D eigenvalue weighted by molar-refractivity contribution is -0.117. The van der Waals surface area contributed by atoms with Crippen LogP contribution in [-0.2, 0) is 21.2 Å². The van der Waals surface area contributed by atoms with Gasteiger partial charge in [-0.2, -0.15) is 0 Å². The smallest absolute Gasteiger partial charge is 0.255 e. The quantitative estimate of drug-likeness (QED) is 0.855. The van der Waals surface area contributed by atoms with Crippen LogP contribution in [0.5, 0.6) is 0 Å². The Balaban J connectivity index is 2.05. The van der Waals surface area contributed by atoms with Crippen molar-refractivity contribution in [1.82, 2.24) is 0 Å². The molecular weight excluding hydrogens is 300 g/mol. The number of amides is 1. The third-order valence-corrected chi connectivity index (χ3v) is 3.85. The fraction of sp³-hybridized carbons (Fsp3) is 0.0625. The van der Waals surface area contributed by atoms with Gasteiger partial charge in [0.1, 0.15) is 0 Å². The van der Waals surface area contributed by atoms with Crippen LogP contribution in [0.3, 0.4) is 0 Å². The highest BCUT2D eigenvalue weighted by Crippen LogP contribution is 2.13. The maximum Gasteiger partial charge on any atom is 0.255 e. The number of sulfonamides is 1. The highest BCUT2D eigenvalue weighted by atomic mass is 32.2. The molecule has 0 aromatic heterocycles. The summed E-state index contributed by atoms with van der Waals surface area (Å²) in [4.78, 5) is 10.8. The van der Waals surface area contributed by atoms with E-state index in [9.17, 15) is 13.2 Å². The average molecular weight is 316 g/mol. The van der Waals surface area contributed by atoms with E-state index in [-0.39, 0.29) is 6.42 Å². The molecule has 0 bridgehead atoms. The number of anilines is 1. The molecule has 0 heterocycles. The SMILES string of the molecule is NC(=O)Cc1ccc(NS(=O)(=O)C=Cc2ccccc2)cc1. The third kappa shape index (κ3) is 5.06. The molecule has 0 aliphatic rings. The first-order valence-electron chi connectivity index (χ1n) is 6.58. The van der Waals surface area contributed by atoms with Crippen molar-refractivity contribution in [2.24, 2.45) is 5.73 Å². The minimum Gasteiger partial charge on any atom is -0.369 e. The third-order valence-electron chi connectivity index (χ3n) is 2.83. The molecule has 1 amide bonds. The van der Waals surface area contributed by atoms with Gasteiger partial charge in [0.05, 0.1) is 11.8 Å². The number of nitrogens with two attached hydrogens (primary N) is 1. The summed E-state index contributed by atoms with van der Waals surface area (Å²) in [5.74, 6) is -0.431. The summed E-state index contributed by atoms with van der Waals surface area (Å²) in [6.07, 6.45) is 1.64. The number of rotatable bonds is 6. The molecule has 0 aliphatic heterocycles. The first kappa shape index (κ1) is 15.8. The summed E-state index contributed by atoms with van der Waals surface area (Å²) in [7, 11) is -3.59. The number of nitrogens with one attached hydrogen (secondary N) is 1. The van der Waals surface area contributed by atoms with Crippen molar-refractivity contribution in [3.63, 3.8) is 0 Å². The van der Waals surface area contributed by atoms with Crippen LogP contribution < -0.4 is 10.5 Å². The molecule has 0 saturated carbocycles. The topological polar surface area (TPSA) is 89.3 Å². The molecule has 0 spiro atoms. The number of benzene rings is 2. The summed E-state index contributed by atoms with van der Waals surface area (Å²) in [5, 5.41) is 1.11. The average Bonchev–Trinajstić information content (AvgIpc) is 2.48. The van der Waals surface area contributed by atoms with Crippen molar-refractivity contribution in [2.45, 2.75) is 6.42 Å². The van der Waals surface area contributed by atoms with Gasteiger partial charge >= 0.3 is 0 Å². The molecule has 0 atom stereocenters. The van der Waals surface area contributed by atoms with Gasteiger partial charge in [-0.3, -0.25) is 9.52 Å². The second-order valence-electron chi connectivity index (χ2n) is 4.70. The molecule has 0 unspecified atom stereocenters. The Morgan fingerprint density at radius 1 is 1.05 bits per heavy atom. The molecule has 114 valence electrons. The lowest BCUT2D eigenvalue weighted by Crippen LogP contribution is -2.13. The summed E-state index contributed by atoms with van der Waals surface area (Å²) < 4.78 is 26.4. The number of carbonyl (C=O) groups is 1. The van der Waals surface area contributed by atoms with E-state index in [1.807, 2.05) is 30.3 Å². The fourth-order valence-electron chi connectivity index (χ4n) is 1.82. The summed E-state index contributed by atoms with van der Waals surface area (Å²) in [6, 6.07) is 15.6. The van der Waals surface area contributed by atoms with Crippen LogP contribution in [0.4, 0.5) is 5.69 Å². The molecule has 3 N–H and O–H groups in total. The van der Waals surface area contributed by atoms with Crippen molar-refractivity contribution < 1.29 is 13.2 Å². The van der Waals surface area contributed by atoms with Crippen LogP contribution in [0, 0.1) is 0 Å². The Morgan fingerprint density at radius 2 is 1.68 bits per heavy atom. The van der Waals surface area contributed by atoms with Gasteiger partial charge in [-0.25, -0.2) is 8.42 Å². The molecule has 0 fully saturated rings. The van der Waals surface area contributed by atoms with Crippen molar-refractivity contribution in [1.29, 1.82) is 0 Å². The number of carbonyl (C=O) groups excluding carboxylic acids is 1. The Labute approximate surface area is 129 Å². The van der Waals surface area contributed by atoms with Crippen molar-refractivity contribution in [2.75, 3.05) is 4.72 Å². The molecule has 0 aliphatic carbocycles. The van der Waals surface area contributed by atoms with Gasteiger partial charge in [0, 0.05) is 5.69 Å². The largest absolute Gasteiger partial charge is 0.369 e. The normalized spacial score (nSPS) is 11.5. The van der Waals surface area contributed by atoms with Crippen LogP contribution in [0.15, 0.2) is 60.0 Å². The lowest BCUT2D eigenvalue weighted by Gasteiger charge is -2.05. The van der Waals surface area contributed by atoms with Crippen LogP contribution in [-0.4, -0.2) is 14.3 Å². The number of hydrogen-bond acceptors (Lipinski definition) is 3. The number of primary amides is 1. The van der Waals surface area contributed by atoms with Gasteiger partial charge in [-0.15, -0.1) is 0 Å². The molecule has 2 aromatic carbocycles. The molecule has 2 rings (SSSR count). The summed E-state index contributed by atoms with van der Waals surface area (Å²) in [5.41, 5.74) is 7.05. The van der Waals surface area contributed by atoms with Crippen molar-refractivity contribution in [3.05, 3.63) is 71.1 Å². The molecule has 22 heavy (non-hydrogen) atoms. The van der Waals surface area contributed by atoms with E-state index >= 15 is 0 Å². The highest BCUT2D eigenvalue weighted by Gasteiger charge is 2.06. The predicted octanol–water partition coefficient (Wildman–Crippen LogP) is 2.13. The van der Waals surface area contributed by atoms with E-state index in [1.165, 1.54) is 6.08 Å². The Bertz CT molecular complexity index is 767. The van der Waals surface area contributed by atoms with Crippen LogP contribution >= 0.6 is 0 Å². The Kier molecular flexibility index (Phi) is 4.95. The van der Waals surface area contributed by atoms with Gasteiger partial charge in [-0.05, 0) is 29.3 Å². The zero-order valence-corrected chi connectivity index (χ0v) is 12.6. The van der Waals surface area contributed by atoms with Crippen molar-refractivity contribution in [3.8, 4) is 0 Å². The molecule has 0 radical (unpaired) electrons. The van der Waals surface area contributed by atoms with Crippen LogP contribution in [0.2, 0.25) is 0 Å². The Morgan fingerprint density at radius 3 is 2.27 bits per heavy atom. The van der Waals surface area contributed by atoms with Gasteiger partial charge in [0.25, 0.3) is 10.0 Å². The summed E-state index contributed by atoms with van der Waals surface area (Å²) >= 11 is 0. The molecular formula is C16H16N2O3S. The van der Waals surface area contributed by atoms with E-state index in [2.05, 4.69) is 4.72 Å². The maximum atomic E-state index is 12.0. The predicted molar refractivity (Wildman–Crippen MR) is 87.4 cm³/mol. The number of hydrogen-bond donors (Lipinski definition) is 2. The first-order chi connectivity index (χ1) is 10.4. The van der Waals surface area contributed by atoms with Crippen LogP contribution in [0.25, 0.3) is 6.08 Å². The summed E-state index contributed by atoms with van der Waals surface area (Å²) in [6.45, 7) is 0. The van der Waals surface area contributed by atoms with E-state index in [0.29, 0.717) is 5.69 Å². The molecule has 6 heteroatoms. The van der Waals surface area contributed by atoms with Crippen LogP contribution in [0.1, 0.15) is 11.1 Å². The minimum absolute atomic E-state index is 0.126. The second-order valence-corrected chi connectivity index (χ2v) is 6.27. The maximum absolute atomic E-state index is 12.0. The second kappa shape index (κ2) is 6.91. The first-order valence-corrected chi connectivity index (χ1v) is 8.12. The van der Waals surface area contributed by atoms with Gasteiger partial charge in [0.15, 0.2) is 0 Å². The van der Waals surface area contributed by atoms with Gasteiger partial charge in [-0.1, -0.05) is 42.5 Å². The van der Waals surface area contributed by atoms with Crippen molar-refractivity contribution >= 4 is 27.7 Å². The van der Waals surface area contributed by atoms with E-state index in [4.69, 9.17) is 5.73 Å².